The van der Waals surface area contributed by atoms with Gasteiger partial charge in [0, 0.05) is 80.3 Å². The Bertz CT molecular complexity index is 3030. The highest BCUT2D eigenvalue weighted by Crippen LogP contribution is 2.37. The largest absolute Gasteiger partial charge is 0.492 e. The molecule has 3 aliphatic rings. The minimum absolute atomic E-state index is 0.0275. The Labute approximate surface area is 372 Å². The van der Waals surface area contributed by atoms with E-state index in [2.05, 4.69) is 36.1 Å². The molecule has 1 atom stereocenters. The number of aromatic nitrogens is 2. The summed E-state index contributed by atoms with van der Waals surface area (Å²) in [6, 6.07) is 39.3. The molecule has 5 aromatic carbocycles. The molecule has 0 aliphatic carbocycles. The number of amides is 2. The molecule has 322 valence electrons. The van der Waals surface area contributed by atoms with Gasteiger partial charge in [0.05, 0.1) is 47.7 Å². The number of nitrogens with zero attached hydrogens (tertiary/aromatic N) is 6. The fourth-order valence-electron chi connectivity index (χ4n) is 9.82. The molecule has 0 radical (unpaired) electrons. The van der Waals surface area contributed by atoms with Crippen molar-refractivity contribution in [3.63, 3.8) is 0 Å². The van der Waals surface area contributed by atoms with Gasteiger partial charge in [0.25, 0.3) is 11.5 Å². The predicted molar refractivity (Wildman–Crippen MR) is 248 cm³/mol. The minimum Gasteiger partial charge on any atom is -0.492 e. The van der Waals surface area contributed by atoms with E-state index in [1.165, 1.54) is 5.56 Å². The van der Waals surface area contributed by atoms with Crippen LogP contribution in [0.2, 0.25) is 0 Å². The monoisotopic (exact) mass is 850 g/mol. The Morgan fingerprint density at radius 2 is 1.58 bits per heavy atom. The highest BCUT2D eigenvalue weighted by atomic mass is 16.5. The molecule has 11 nitrogen and oxygen atoms in total. The van der Waals surface area contributed by atoms with Gasteiger partial charge in [-0.3, -0.25) is 23.9 Å². The van der Waals surface area contributed by atoms with Gasteiger partial charge in [-0.2, -0.15) is 5.26 Å². The lowest BCUT2D eigenvalue weighted by molar-refractivity contribution is -0.131. The zero-order valence-corrected chi connectivity index (χ0v) is 36.3. The first-order valence-corrected chi connectivity index (χ1v) is 22.2. The number of hydrogen-bond donors (Lipinski definition) is 0. The molecule has 0 bridgehead atoms. The van der Waals surface area contributed by atoms with Crippen LogP contribution >= 0.6 is 0 Å². The van der Waals surface area contributed by atoms with Gasteiger partial charge < -0.3 is 23.8 Å². The van der Waals surface area contributed by atoms with Crippen molar-refractivity contribution < 1.29 is 19.1 Å². The molecule has 1 saturated heterocycles. The van der Waals surface area contributed by atoms with E-state index in [1.807, 2.05) is 106 Å². The first-order chi connectivity index (χ1) is 31.2. The number of ether oxygens (including phenoxy) is 2. The van der Waals surface area contributed by atoms with Crippen molar-refractivity contribution in [1.29, 1.82) is 5.26 Å². The van der Waals surface area contributed by atoms with E-state index in [-0.39, 0.29) is 29.8 Å². The lowest BCUT2D eigenvalue weighted by atomic mass is 9.89. The van der Waals surface area contributed by atoms with E-state index in [4.69, 9.17) is 9.47 Å². The average Bonchev–Trinajstić information content (AvgIpc) is 3.68. The summed E-state index contributed by atoms with van der Waals surface area (Å²) in [7, 11) is 1.94. The first kappa shape index (κ1) is 41.0. The molecule has 5 heterocycles. The molecule has 3 aliphatic heterocycles. The van der Waals surface area contributed by atoms with Crippen LogP contribution < -0.4 is 10.3 Å². The van der Waals surface area contributed by atoms with Gasteiger partial charge in [-0.05, 0) is 108 Å². The molecule has 64 heavy (non-hydrogen) atoms. The van der Waals surface area contributed by atoms with E-state index in [9.17, 15) is 14.9 Å². The van der Waals surface area contributed by atoms with Gasteiger partial charge in [0.2, 0.25) is 5.91 Å². The van der Waals surface area contributed by atoms with Gasteiger partial charge in [-0.25, -0.2) is 0 Å². The Balaban J connectivity index is 0.998. The van der Waals surface area contributed by atoms with Crippen molar-refractivity contribution in [1.82, 2.24) is 23.8 Å². The molecule has 0 saturated carbocycles. The van der Waals surface area contributed by atoms with Crippen molar-refractivity contribution in [2.24, 2.45) is 7.05 Å². The molecule has 1 fully saturated rings. The lowest BCUT2D eigenvalue weighted by Gasteiger charge is -2.36. The molecule has 10 rings (SSSR count). The van der Waals surface area contributed by atoms with Crippen LogP contribution in [0.25, 0.3) is 38.8 Å². The molecule has 0 N–H and O–H groups in total. The third kappa shape index (κ3) is 7.73. The van der Waals surface area contributed by atoms with Crippen molar-refractivity contribution in [2.45, 2.75) is 45.3 Å². The minimum atomic E-state index is -0.210. The number of hydrogen-bond acceptors (Lipinski definition) is 7. The van der Waals surface area contributed by atoms with Crippen molar-refractivity contribution in [3.8, 4) is 28.8 Å². The Hall–Kier alpha value is -7.00. The highest BCUT2D eigenvalue weighted by molar-refractivity contribution is 6.08. The predicted octanol–water partition coefficient (Wildman–Crippen LogP) is 7.45. The summed E-state index contributed by atoms with van der Waals surface area (Å²) in [5.41, 5.74) is 9.64. The lowest BCUT2D eigenvalue weighted by Crippen LogP contribution is -2.43. The number of carbonyl (C=O) groups excluding carboxylic acids is 2. The van der Waals surface area contributed by atoms with Gasteiger partial charge in [-0.15, -0.1) is 0 Å². The summed E-state index contributed by atoms with van der Waals surface area (Å²) in [6.07, 6.45) is 1.63. The molecule has 11 heteroatoms. The number of para-hydroxylation sites is 1. The maximum atomic E-state index is 15.2. The molecular weight excluding hydrogens is 801 g/mol. The zero-order valence-electron chi connectivity index (χ0n) is 36.3. The normalized spacial score (nSPS) is 16.4. The second-order valence-electron chi connectivity index (χ2n) is 17.3. The molecular formula is C53H50N6O5. The van der Waals surface area contributed by atoms with Gasteiger partial charge >= 0.3 is 0 Å². The summed E-state index contributed by atoms with van der Waals surface area (Å²) < 4.78 is 15.1. The third-order valence-corrected chi connectivity index (χ3v) is 13.3. The standard InChI is InChI=1S/C53H50N6O5/c1-35-26-38-8-6-7-9-40(38)34-58(35)52(61)46-30-41-33-57(50(60)28-36-12-15-43(16-13-36)64-25-22-56-20-23-63-24-21-56)19-18-39(41)29-45(46)48-31-47-51(55(48)2)44-17-14-37(32-54)27-49(44)59(53(47)62)42-10-4-3-5-11-42/h3-17,27,29-31,35H,18-26,28,33-34H2,1-2H3/t35-/m1/s1. The van der Waals surface area contributed by atoms with E-state index in [1.54, 1.807) is 16.7 Å². The van der Waals surface area contributed by atoms with Gasteiger partial charge in [-0.1, -0.05) is 54.6 Å². The third-order valence-electron chi connectivity index (χ3n) is 13.3. The number of benzene rings is 5. The van der Waals surface area contributed by atoms with E-state index >= 15 is 4.79 Å². The molecule has 7 aromatic rings. The van der Waals surface area contributed by atoms with Crippen molar-refractivity contribution in [3.05, 3.63) is 165 Å². The van der Waals surface area contributed by atoms with Gasteiger partial charge in [0.15, 0.2) is 0 Å². The number of pyridine rings is 1. The van der Waals surface area contributed by atoms with Crippen LogP contribution in [-0.4, -0.2) is 87.7 Å². The number of carbonyl (C=O) groups is 2. The summed E-state index contributed by atoms with van der Waals surface area (Å²) >= 11 is 0. The zero-order chi connectivity index (χ0) is 43.9. The van der Waals surface area contributed by atoms with Crippen LogP contribution in [0.1, 0.15) is 50.7 Å². The quantitative estimate of drug-likeness (QED) is 0.148. The second kappa shape index (κ2) is 17.3. The van der Waals surface area contributed by atoms with Crippen LogP contribution in [-0.2, 0) is 48.9 Å². The fourth-order valence-corrected chi connectivity index (χ4v) is 9.82. The van der Waals surface area contributed by atoms with E-state index < -0.39 is 0 Å². The van der Waals surface area contributed by atoms with E-state index in [0.29, 0.717) is 60.4 Å². The Kier molecular flexibility index (Phi) is 11.1. The van der Waals surface area contributed by atoms with Crippen molar-refractivity contribution in [2.75, 3.05) is 46.0 Å². The first-order valence-electron chi connectivity index (χ1n) is 22.2. The second-order valence-corrected chi connectivity index (χ2v) is 17.3. The fraction of sp³-hybridized carbons (Fsp3) is 0.283. The smallest absolute Gasteiger partial charge is 0.265 e. The van der Waals surface area contributed by atoms with Crippen LogP contribution in [0.15, 0.2) is 120 Å². The number of fused-ring (bicyclic) bond motifs is 5. The average molecular weight is 851 g/mol. The SMILES string of the molecule is C[C@@H]1Cc2ccccc2CN1C(=O)c1cc2c(cc1-c1cc3c(=O)n(-c4ccccc4)c4cc(C#N)ccc4c3n1C)CCN(C(=O)Cc1ccc(OCCN3CCOCC3)cc1)C2. The topological polar surface area (TPSA) is 113 Å². The maximum absolute atomic E-state index is 15.2. The Morgan fingerprint density at radius 1 is 0.812 bits per heavy atom. The summed E-state index contributed by atoms with van der Waals surface area (Å²) in [5.74, 6) is 0.718. The maximum Gasteiger partial charge on any atom is 0.265 e. The molecule has 2 aromatic heterocycles. The Morgan fingerprint density at radius 3 is 2.36 bits per heavy atom. The van der Waals surface area contributed by atoms with Gasteiger partial charge in [0.1, 0.15) is 12.4 Å². The highest BCUT2D eigenvalue weighted by Gasteiger charge is 2.32. The molecule has 0 spiro atoms. The van der Waals surface area contributed by atoms with Crippen LogP contribution in [0.4, 0.5) is 0 Å². The van der Waals surface area contributed by atoms with Crippen LogP contribution in [0.5, 0.6) is 5.75 Å². The van der Waals surface area contributed by atoms with Crippen LogP contribution in [0, 0.1) is 11.3 Å². The number of rotatable bonds is 9. The van der Waals surface area contributed by atoms with Crippen LogP contribution in [0.3, 0.4) is 0 Å². The number of morpholine rings is 1. The molecule has 2 amide bonds. The van der Waals surface area contributed by atoms with E-state index in [0.717, 1.165) is 89.4 Å². The molecule has 0 unspecified atom stereocenters. The summed E-state index contributed by atoms with van der Waals surface area (Å²) in [5, 5.41) is 11.2. The summed E-state index contributed by atoms with van der Waals surface area (Å²) in [6.45, 7) is 8.32. The summed E-state index contributed by atoms with van der Waals surface area (Å²) in [4.78, 5) is 50.0. The van der Waals surface area contributed by atoms with Crippen molar-refractivity contribution >= 4 is 33.6 Å². The number of aryl methyl sites for hydroxylation is 1. The number of nitriles is 1.